The molecule has 0 aliphatic rings. The summed E-state index contributed by atoms with van der Waals surface area (Å²) in [5, 5.41) is 0. The molecular formula is C14H14NO3. The molecule has 0 bridgehead atoms. The lowest BCUT2D eigenvalue weighted by molar-refractivity contribution is 0.0508. The summed E-state index contributed by atoms with van der Waals surface area (Å²) >= 11 is 0. The van der Waals surface area contributed by atoms with E-state index >= 15 is 0 Å². The molecular weight excluding hydrogens is 230 g/mol. The van der Waals surface area contributed by atoms with Gasteiger partial charge in [-0.2, -0.15) is 0 Å². The molecule has 4 nitrogen and oxygen atoms in total. The summed E-state index contributed by atoms with van der Waals surface area (Å²) in [4.78, 5) is 0. The maximum atomic E-state index is 5.67. The zero-order valence-electron chi connectivity index (χ0n) is 10.1. The van der Waals surface area contributed by atoms with Crippen LogP contribution in [0.1, 0.15) is 11.3 Å². The Morgan fingerprint density at radius 1 is 1.33 bits per heavy atom. The van der Waals surface area contributed by atoms with Gasteiger partial charge in [0.1, 0.15) is 11.5 Å². The van der Waals surface area contributed by atoms with Crippen LogP contribution < -0.4 is 10.5 Å². The van der Waals surface area contributed by atoms with Crippen LogP contribution in [-0.4, -0.2) is 13.9 Å². The molecule has 1 radical (unpaired) electrons. The summed E-state index contributed by atoms with van der Waals surface area (Å²) in [6.45, 7) is 0.154. The van der Waals surface area contributed by atoms with E-state index in [-0.39, 0.29) is 6.79 Å². The van der Waals surface area contributed by atoms with Crippen molar-refractivity contribution in [3.63, 3.8) is 0 Å². The number of nitrogens with two attached hydrogens (primary N) is 1. The Labute approximate surface area is 106 Å². The molecule has 0 spiro atoms. The van der Waals surface area contributed by atoms with Crippen molar-refractivity contribution in [3.05, 3.63) is 47.9 Å². The summed E-state index contributed by atoms with van der Waals surface area (Å²) in [7, 11) is 1.56. The second-order valence-electron chi connectivity index (χ2n) is 3.60. The van der Waals surface area contributed by atoms with Crippen molar-refractivity contribution < 1.29 is 13.9 Å². The van der Waals surface area contributed by atoms with E-state index in [0.717, 1.165) is 11.3 Å². The van der Waals surface area contributed by atoms with E-state index < -0.39 is 0 Å². The molecule has 1 heterocycles. The SMILES string of the molecule is COCOc1[c]c(N)ccc1/C=C/c1ccco1. The van der Waals surface area contributed by atoms with Crippen molar-refractivity contribution in [3.8, 4) is 5.75 Å². The quantitative estimate of drug-likeness (QED) is 0.649. The first-order valence-corrected chi connectivity index (χ1v) is 5.44. The van der Waals surface area contributed by atoms with E-state index in [1.807, 2.05) is 30.4 Å². The Kier molecular flexibility index (Phi) is 4.04. The number of ether oxygens (including phenoxy) is 2. The van der Waals surface area contributed by atoms with Crippen LogP contribution in [0.5, 0.6) is 5.75 Å². The zero-order valence-corrected chi connectivity index (χ0v) is 10.1. The fraction of sp³-hybridized carbons (Fsp3) is 0.143. The molecule has 1 aromatic carbocycles. The van der Waals surface area contributed by atoms with Gasteiger partial charge >= 0.3 is 0 Å². The van der Waals surface area contributed by atoms with Gasteiger partial charge in [-0.25, -0.2) is 0 Å². The molecule has 0 aliphatic carbocycles. The largest absolute Gasteiger partial charge is 0.466 e. The van der Waals surface area contributed by atoms with Crippen LogP contribution in [-0.2, 0) is 4.74 Å². The number of furan rings is 1. The predicted octanol–water partition coefficient (Wildman–Crippen LogP) is 2.82. The minimum absolute atomic E-state index is 0.154. The van der Waals surface area contributed by atoms with E-state index in [9.17, 15) is 0 Å². The van der Waals surface area contributed by atoms with E-state index in [0.29, 0.717) is 11.4 Å². The summed E-state index contributed by atoms with van der Waals surface area (Å²) in [5.74, 6) is 1.32. The highest BCUT2D eigenvalue weighted by Crippen LogP contribution is 2.23. The monoisotopic (exact) mass is 244 g/mol. The van der Waals surface area contributed by atoms with Gasteiger partial charge in [-0.05, 0) is 36.4 Å². The molecule has 2 aromatic rings. The minimum atomic E-state index is 0.154. The molecule has 2 rings (SSSR count). The molecule has 0 unspecified atom stereocenters. The third-order valence-electron chi connectivity index (χ3n) is 2.25. The standard InChI is InChI=1S/C14H14NO3/c1-16-10-18-14-9-12(15)6-4-11(14)5-7-13-3-2-8-17-13/h2-8H,10,15H2,1H3/b7-5+. The van der Waals surface area contributed by atoms with Crippen LogP contribution in [0, 0.1) is 6.07 Å². The number of nitrogen functional groups attached to an aromatic ring is 1. The Balaban J connectivity index is 2.20. The molecule has 18 heavy (non-hydrogen) atoms. The van der Waals surface area contributed by atoms with Gasteiger partial charge < -0.3 is 19.6 Å². The second kappa shape index (κ2) is 5.93. The third-order valence-corrected chi connectivity index (χ3v) is 2.25. The number of benzene rings is 1. The van der Waals surface area contributed by atoms with Gasteiger partial charge in [-0.15, -0.1) is 0 Å². The van der Waals surface area contributed by atoms with Crippen molar-refractivity contribution in [1.82, 2.24) is 0 Å². The number of hydrogen-bond acceptors (Lipinski definition) is 4. The van der Waals surface area contributed by atoms with Crippen LogP contribution in [0.2, 0.25) is 0 Å². The Hall–Kier alpha value is -2.20. The van der Waals surface area contributed by atoms with Gasteiger partial charge in [0.05, 0.1) is 12.3 Å². The highest BCUT2D eigenvalue weighted by atomic mass is 16.7. The number of rotatable bonds is 5. The number of anilines is 1. The summed E-state index contributed by atoms with van der Waals surface area (Å²) in [6, 6.07) is 10.3. The predicted molar refractivity (Wildman–Crippen MR) is 69.8 cm³/mol. The zero-order chi connectivity index (χ0) is 12.8. The van der Waals surface area contributed by atoms with Gasteiger partial charge in [0.15, 0.2) is 6.79 Å². The summed E-state index contributed by atoms with van der Waals surface area (Å²) < 4.78 is 15.5. The fourth-order valence-electron chi connectivity index (χ4n) is 1.43. The van der Waals surface area contributed by atoms with Crippen LogP contribution in [0.15, 0.2) is 34.9 Å². The van der Waals surface area contributed by atoms with Crippen LogP contribution in [0.4, 0.5) is 5.69 Å². The van der Waals surface area contributed by atoms with Gasteiger partial charge in [-0.1, -0.05) is 0 Å². The molecule has 4 heteroatoms. The Morgan fingerprint density at radius 3 is 2.94 bits per heavy atom. The van der Waals surface area contributed by atoms with Crippen LogP contribution in [0.25, 0.3) is 12.2 Å². The van der Waals surface area contributed by atoms with Crippen molar-refractivity contribution in [1.29, 1.82) is 0 Å². The molecule has 0 saturated carbocycles. The van der Waals surface area contributed by atoms with E-state index in [1.54, 1.807) is 19.4 Å². The van der Waals surface area contributed by atoms with Crippen molar-refractivity contribution in [2.45, 2.75) is 0 Å². The summed E-state index contributed by atoms with van der Waals surface area (Å²) in [5.41, 5.74) is 7.05. The topological polar surface area (TPSA) is 57.6 Å². The van der Waals surface area contributed by atoms with E-state index in [2.05, 4.69) is 6.07 Å². The lowest BCUT2D eigenvalue weighted by atomic mass is 10.1. The average molecular weight is 244 g/mol. The van der Waals surface area contributed by atoms with Crippen molar-refractivity contribution in [2.24, 2.45) is 0 Å². The molecule has 0 fully saturated rings. The van der Waals surface area contributed by atoms with Gasteiger partial charge in [-0.3, -0.25) is 0 Å². The molecule has 0 atom stereocenters. The summed E-state index contributed by atoms with van der Waals surface area (Å²) in [6.07, 6.45) is 5.34. The highest BCUT2D eigenvalue weighted by molar-refractivity contribution is 5.72. The minimum Gasteiger partial charge on any atom is -0.466 e. The number of hydrogen-bond donors (Lipinski definition) is 1. The highest BCUT2D eigenvalue weighted by Gasteiger charge is 2.02. The van der Waals surface area contributed by atoms with Crippen LogP contribution in [0.3, 0.4) is 0 Å². The lowest BCUT2D eigenvalue weighted by Gasteiger charge is -2.08. The van der Waals surface area contributed by atoms with E-state index in [4.69, 9.17) is 19.6 Å². The second-order valence-corrected chi connectivity index (χ2v) is 3.60. The fourth-order valence-corrected chi connectivity index (χ4v) is 1.43. The molecule has 0 saturated heterocycles. The van der Waals surface area contributed by atoms with Gasteiger partial charge in [0, 0.05) is 18.4 Å². The smallest absolute Gasteiger partial charge is 0.188 e. The lowest BCUT2D eigenvalue weighted by Crippen LogP contribution is -2.01. The van der Waals surface area contributed by atoms with Crippen LogP contribution >= 0.6 is 0 Å². The van der Waals surface area contributed by atoms with Gasteiger partial charge in [0.2, 0.25) is 0 Å². The molecule has 0 amide bonds. The van der Waals surface area contributed by atoms with Crippen molar-refractivity contribution >= 4 is 17.8 Å². The Bertz CT molecular complexity index is 518. The maximum Gasteiger partial charge on any atom is 0.188 e. The number of methoxy groups -OCH3 is 1. The normalized spacial score (nSPS) is 10.9. The maximum absolute atomic E-state index is 5.67. The van der Waals surface area contributed by atoms with Crippen molar-refractivity contribution in [2.75, 3.05) is 19.6 Å². The van der Waals surface area contributed by atoms with E-state index in [1.165, 1.54) is 0 Å². The molecule has 0 aliphatic heterocycles. The first-order valence-electron chi connectivity index (χ1n) is 5.44. The molecule has 1 aromatic heterocycles. The average Bonchev–Trinajstić information content (AvgIpc) is 2.88. The molecule has 93 valence electrons. The van der Waals surface area contributed by atoms with Gasteiger partial charge in [0.25, 0.3) is 0 Å². The molecule has 2 N–H and O–H groups in total. The third kappa shape index (κ3) is 3.15. The Morgan fingerprint density at radius 2 is 2.22 bits per heavy atom. The first kappa shape index (κ1) is 12.3. The first-order chi connectivity index (χ1) is 8.79.